The number of rotatable bonds is 6. The van der Waals surface area contributed by atoms with E-state index in [2.05, 4.69) is 6.92 Å². The van der Waals surface area contributed by atoms with Crippen molar-refractivity contribution in [2.45, 2.75) is 39.5 Å². The van der Waals surface area contributed by atoms with Gasteiger partial charge in [-0.1, -0.05) is 38.0 Å². The maximum absolute atomic E-state index is 11.5. The van der Waals surface area contributed by atoms with Gasteiger partial charge in [0.1, 0.15) is 0 Å². The molecule has 0 N–H and O–H groups in total. The fourth-order valence-electron chi connectivity index (χ4n) is 1.87. The van der Waals surface area contributed by atoms with Gasteiger partial charge >= 0.3 is 0 Å². The van der Waals surface area contributed by atoms with Crippen LogP contribution < -0.4 is 0 Å². The Kier molecular flexibility index (Phi) is 4.90. The molecule has 2 nitrogen and oxygen atoms in total. The first-order valence-electron chi connectivity index (χ1n) is 5.71. The van der Waals surface area contributed by atoms with Crippen LogP contribution in [0.2, 0.25) is 0 Å². The van der Waals surface area contributed by atoms with Gasteiger partial charge in [-0.25, -0.2) is 0 Å². The molecule has 0 atom stereocenters. The zero-order chi connectivity index (χ0) is 12.0. The third-order valence-corrected chi connectivity index (χ3v) is 2.66. The smallest absolute Gasteiger partial charge is 0.234 e. The molecule has 1 aromatic carbocycles. The van der Waals surface area contributed by atoms with Gasteiger partial charge in [0.05, 0.1) is 0 Å². The summed E-state index contributed by atoms with van der Waals surface area (Å²) in [5, 5.41) is 0. The van der Waals surface area contributed by atoms with Crippen LogP contribution in [-0.4, -0.2) is 12.1 Å². The summed E-state index contributed by atoms with van der Waals surface area (Å²) in [6.45, 7) is 3.64. The van der Waals surface area contributed by atoms with Crippen molar-refractivity contribution in [3.8, 4) is 0 Å². The first-order valence-corrected chi connectivity index (χ1v) is 5.71. The SMILES string of the molecule is CCCCCc1cccc([C]=O)c1C(C)=O. The van der Waals surface area contributed by atoms with Crippen LogP contribution in [0.25, 0.3) is 0 Å². The van der Waals surface area contributed by atoms with E-state index < -0.39 is 0 Å². The molecule has 1 aromatic rings. The fourth-order valence-corrected chi connectivity index (χ4v) is 1.87. The van der Waals surface area contributed by atoms with E-state index in [1.807, 2.05) is 18.4 Å². The molecule has 0 saturated carbocycles. The van der Waals surface area contributed by atoms with Crippen molar-refractivity contribution in [2.24, 2.45) is 0 Å². The molecule has 0 aliphatic carbocycles. The minimum Gasteiger partial charge on any atom is -0.294 e. The summed E-state index contributed by atoms with van der Waals surface area (Å²) in [5.74, 6) is -0.0505. The van der Waals surface area contributed by atoms with Gasteiger partial charge in [-0.3, -0.25) is 9.59 Å². The van der Waals surface area contributed by atoms with Gasteiger partial charge in [0.25, 0.3) is 0 Å². The number of carbonyl (C=O) groups excluding carboxylic acids is 2. The second-order valence-electron chi connectivity index (χ2n) is 3.96. The lowest BCUT2D eigenvalue weighted by atomic mass is 9.95. The lowest BCUT2D eigenvalue weighted by Crippen LogP contribution is -2.04. The molecular weight excluding hydrogens is 200 g/mol. The quantitative estimate of drug-likeness (QED) is 0.542. The van der Waals surface area contributed by atoms with Crippen LogP contribution in [0.1, 0.15) is 54.6 Å². The molecule has 0 unspecified atom stereocenters. The lowest BCUT2D eigenvalue weighted by molar-refractivity contribution is 0.101. The minimum atomic E-state index is -0.0505. The highest BCUT2D eigenvalue weighted by molar-refractivity contribution is 6.02. The summed E-state index contributed by atoms with van der Waals surface area (Å²) in [7, 11) is 0. The Labute approximate surface area is 96.7 Å². The Morgan fingerprint density at radius 3 is 2.62 bits per heavy atom. The zero-order valence-corrected chi connectivity index (χ0v) is 9.88. The van der Waals surface area contributed by atoms with E-state index in [-0.39, 0.29) is 5.78 Å². The Morgan fingerprint density at radius 1 is 1.31 bits per heavy atom. The lowest BCUT2D eigenvalue weighted by Gasteiger charge is -2.08. The molecule has 85 valence electrons. The van der Waals surface area contributed by atoms with E-state index >= 15 is 0 Å². The van der Waals surface area contributed by atoms with Crippen molar-refractivity contribution in [2.75, 3.05) is 0 Å². The maximum atomic E-state index is 11.5. The standard InChI is InChI=1S/C14H17O2/c1-3-4-5-7-12-8-6-9-13(10-15)14(12)11(2)16/h6,8-9H,3-5,7H2,1-2H3. The van der Waals surface area contributed by atoms with Crippen molar-refractivity contribution < 1.29 is 9.59 Å². The maximum Gasteiger partial charge on any atom is 0.234 e. The van der Waals surface area contributed by atoms with Gasteiger partial charge in [-0.15, -0.1) is 0 Å². The molecule has 0 bridgehead atoms. The van der Waals surface area contributed by atoms with E-state index in [0.29, 0.717) is 11.1 Å². The highest BCUT2D eigenvalue weighted by atomic mass is 16.1. The monoisotopic (exact) mass is 217 g/mol. The normalized spacial score (nSPS) is 10.1. The van der Waals surface area contributed by atoms with E-state index in [4.69, 9.17) is 0 Å². The van der Waals surface area contributed by atoms with Crippen molar-refractivity contribution in [1.29, 1.82) is 0 Å². The highest BCUT2D eigenvalue weighted by Crippen LogP contribution is 2.17. The molecule has 0 amide bonds. The summed E-state index contributed by atoms with van der Waals surface area (Å²) < 4.78 is 0. The van der Waals surface area contributed by atoms with Gasteiger partial charge in [-0.05, 0) is 25.3 Å². The summed E-state index contributed by atoms with van der Waals surface area (Å²) in [6, 6.07) is 5.38. The predicted octanol–water partition coefficient (Wildman–Crippen LogP) is 3.08. The molecule has 0 saturated heterocycles. The Bertz CT molecular complexity index is 380. The molecule has 16 heavy (non-hydrogen) atoms. The topological polar surface area (TPSA) is 34.1 Å². The zero-order valence-electron chi connectivity index (χ0n) is 9.88. The van der Waals surface area contributed by atoms with Crippen LogP contribution in [0.15, 0.2) is 18.2 Å². The van der Waals surface area contributed by atoms with Crippen LogP contribution in [-0.2, 0) is 11.2 Å². The number of ketones is 1. The number of aryl methyl sites for hydroxylation is 1. The molecule has 0 aliphatic heterocycles. The van der Waals surface area contributed by atoms with Crippen LogP contribution in [0.4, 0.5) is 0 Å². The average Bonchev–Trinajstić information content (AvgIpc) is 2.28. The molecule has 1 rings (SSSR count). The van der Waals surface area contributed by atoms with Gasteiger partial charge in [0, 0.05) is 11.1 Å². The molecule has 2 heteroatoms. The Hall–Kier alpha value is -1.44. The van der Waals surface area contributed by atoms with Gasteiger partial charge in [-0.2, -0.15) is 0 Å². The van der Waals surface area contributed by atoms with Crippen LogP contribution in [0.3, 0.4) is 0 Å². The molecule has 0 aromatic heterocycles. The molecule has 0 aliphatic rings. The fraction of sp³-hybridized carbons (Fsp3) is 0.429. The van der Waals surface area contributed by atoms with Crippen LogP contribution in [0.5, 0.6) is 0 Å². The molecule has 0 spiro atoms. The minimum absolute atomic E-state index is 0.0505. The van der Waals surface area contributed by atoms with Gasteiger partial charge in [0.15, 0.2) is 5.78 Å². The van der Waals surface area contributed by atoms with Crippen molar-refractivity contribution >= 4 is 12.1 Å². The third-order valence-electron chi connectivity index (χ3n) is 2.66. The van der Waals surface area contributed by atoms with Crippen molar-refractivity contribution in [1.82, 2.24) is 0 Å². The Balaban J connectivity index is 2.98. The second kappa shape index (κ2) is 6.21. The largest absolute Gasteiger partial charge is 0.294 e. The average molecular weight is 217 g/mol. The summed E-state index contributed by atoms with van der Waals surface area (Å²) >= 11 is 0. The van der Waals surface area contributed by atoms with Gasteiger partial charge < -0.3 is 0 Å². The highest BCUT2D eigenvalue weighted by Gasteiger charge is 2.12. The molecular formula is C14H17O2. The summed E-state index contributed by atoms with van der Waals surface area (Å²) in [5.41, 5.74) is 1.91. The van der Waals surface area contributed by atoms with E-state index in [1.54, 1.807) is 6.07 Å². The van der Waals surface area contributed by atoms with Crippen LogP contribution >= 0.6 is 0 Å². The van der Waals surface area contributed by atoms with E-state index in [9.17, 15) is 9.59 Å². The van der Waals surface area contributed by atoms with Crippen LogP contribution in [0, 0.1) is 0 Å². The summed E-state index contributed by atoms with van der Waals surface area (Å²) in [6.07, 6.45) is 6.04. The molecule has 1 radical (unpaired) electrons. The first-order chi connectivity index (χ1) is 7.70. The number of benzene rings is 1. The molecule has 0 heterocycles. The van der Waals surface area contributed by atoms with Crippen molar-refractivity contribution in [3.05, 3.63) is 34.9 Å². The van der Waals surface area contributed by atoms with E-state index in [1.165, 1.54) is 6.92 Å². The molecule has 0 fully saturated rings. The first kappa shape index (κ1) is 12.6. The number of hydrogen-bond acceptors (Lipinski definition) is 2. The van der Waals surface area contributed by atoms with Crippen molar-refractivity contribution in [3.63, 3.8) is 0 Å². The number of Topliss-reactive ketones (excluding diaryl/α,β-unsaturated/α-hetero) is 1. The summed E-state index contributed by atoms with van der Waals surface area (Å²) in [4.78, 5) is 22.2. The van der Waals surface area contributed by atoms with E-state index in [0.717, 1.165) is 31.2 Å². The third kappa shape index (κ3) is 3.02. The number of unbranched alkanes of at least 4 members (excludes halogenated alkanes) is 2. The Morgan fingerprint density at radius 2 is 2.06 bits per heavy atom. The predicted molar refractivity (Wildman–Crippen MR) is 64.5 cm³/mol. The number of carbonyl (C=O) groups is 1. The number of hydrogen-bond donors (Lipinski definition) is 0. The van der Waals surface area contributed by atoms with Gasteiger partial charge in [0.2, 0.25) is 6.29 Å². The second-order valence-corrected chi connectivity index (χ2v) is 3.96.